The number of rotatable bonds is 53. The van der Waals surface area contributed by atoms with Gasteiger partial charge in [0.25, 0.3) is 0 Å². The van der Waals surface area contributed by atoms with Crippen LogP contribution in [0.25, 0.3) is 0 Å². The molecule has 3 aliphatic heterocycles. The Bertz CT molecular complexity index is 4120. The van der Waals surface area contributed by atoms with Crippen molar-refractivity contribution >= 4 is 118 Å². The number of primary amides is 1. The lowest BCUT2D eigenvalue weighted by Crippen LogP contribution is -2.61. The summed E-state index contributed by atoms with van der Waals surface area (Å²) in [7, 11) is 0. The summed E-state index contributed by atoms with van der Waals surface area (Å²) in [6, 6.07) is -3.76. The number of guanidine groups is 4. The molecule has 3 aliphatic rings. The molecule has 0 unspecified atom stereocenters. The van der Waals surface area contributed by atoms with Crippen molar-refractivity contribution in [1.29, 1.82) is 21.6 Å². The van der Waals surface area contributed by atoms with Gasteiger partial charge in [-0.3, -0.25) is 93.6 Å². The lowest BCUT2D eigenvalue weighted by molar-refractivity contribution is -0.149. The van der Waals surface area contributed by atoms with Crippen LogP contribution in [0.15, 0.2) is 54.6 Å². The molecule has 5 rings (SSSR count). The highest BCUT2D eigenvalue weighted by atomic mass is 16.4. The molecule has 3 saturated heterocycles. The fourth-order valence-corrected chi connectivity index (χ4v) is 14.5. The Morgan fingerprint density at radius 2 is 0.770 bits per heavy atom. The Morgan fingerprint density at radius 1 is 0.405 bits per heavy atom. The van der Waals surface area contributed by atoms with Gasteiger partial charge in [0.05, 0.1) is 25.6 Å². The molecule has 3 heterocycles. The van der Waals surface area contributed by atoms with E-state index in [1.807, 2.05) is 0 Å². The third-order valence-electron chi connectivity index (χ3n) is 21.0. The molecule has 126 heavy (non-hydrogen) atoms. The van der Waals surface area contributed by atoms with E-state index in [1.165, 1.54) is 36.1 Å². The minimum Gasteiger partial charge on any atom is -0.508 e. The number of carboxylic acids is 1. The zero-order valence-corrected chi connectivity index (χ0v) is 71.3. The maximum absolute atomic E-state index is 15.0. The summed E-state index contributed by atoms with van der Waals surface area (Å²) in [4.78, 5) is 228. The molecular weight excluding hydrogens is 1640 g/mol. The first-order chi connectivity index (χ1) is 59.8. The number of nitrogens with one attached hydrogen (secondary N) is 19. The molecule has 47 heteroatoms. The average molecular weight is 1770 g/mol. The van der Waals surface area contributed by atoms with E-state index in [9.17, 15) is 82.1 Å². The second-order valence-electron chi connectivity index (χ2n) is 31.4. The molecule has 696 valence electrons. The number of amides is 15. The van der Waals surface area contributed by atoms with Crippen LogP contribution in [0.4, 0.5) is 0 Å². The van der Waals surface area contributed by atoms with Gasteiger partial charge in [-0.1, -0.05) is 56.3 Å². The Labute approximate surface area is 729 Å². The molecule has 0 radical (unpaired) electrons. The minimum atomic E-state index is -1.86. The highest BCUT2D eigenvalue weighted by Crippen LogP contribution is 2.24. The van der Waals surface area contributed by atoms with Crippen molar-refractivity contribution in [3.05, 3.63) is 65.7 Å². The first-order valence-corrected chi connectivity index (χ1v) is 42.1. The second-order valence-corrected chi connectivity index (χ2v) is 31.4. The molecule has 13 atom stereocenters. The minimum absolute atomic E-state index is 0.00407. The number of carbonyl (C=O) groups excluding carboxylic acids is 15. The number of nitrogens with two attached hydrogens (primary N) is 7. The summed E-state index contributed by atoms with van der Waals surface area (Å²) in [5, 5.41) is 89.6. The van der Waals surface area contributed by atoms with Gasteiger partial charge in [0.1, 0.15) is 78.3 Å². The van der Waals surface area contributed by atoms with Crippen molar-refractivity contribution in [3.63, 3.8) is 0 Å². The number of phenolic OH excluding ortho intramolecular Hbond substituents is 1. The summed E-state index contributed by atoms with van der Waals surface area (Å²) in [6.07, 6.45) is 0.529. The standard InChI is InChI=1S/C79H127N29O18/c1-43(2)62(105-61(112)42-95-60(111)41-96-63(113)53(38-45-16-5-4-6-17-45)102-66(116)50(20-10-32-92-77(85)86)98-69(119)56-23-13-35-106(56)72(122)44(3)81)71(121)99-48(18-7-8-30-80)64(114)100-51(21-11-33-93-78(87)88)73(123)107-36-14-24-57(107)70(120)104-55(40-59(82)110)68(118)97-49(19-9-31-91-76(83)84)65(115)103-54(39-46-26-28-47(109)29-27-46)67(117)101-52(22-12-34-94-79(89)90)74(124)108-37-15-25-58(108)75(125)126/h4-6,16-17,26-29,43-44,48-58,62,109H,7-15,18-25,30-42,80-81H2,1-3H3,(H2,82,110)(H,95,111)(H,96,113)(H,97,118)(H,98,119)(H,99,121)(H,100,114)(H,101,117)(H,102,116)(H,103,115)(H,104,120)(H,105,112)(H,125,126)(H4,83,84,91)(H4,85,86,92)(H4,87,88,93)(H4,89,90,94)/t44-,48-,49-,50-,51-,52-,53-,54-,55-,56-,57-,58-,62-/m0/s1. The van der Waals surface area contributed by atoms with Gasteiger partial charge in [-0.25, -0.2) is 4.79 Å². The van der Waals surface area contributed by atoms with Crippen molar-refractivity contribution in [3.8, 4) is 5.75 Å². The van der Waals surface area contributed by atoms with Gasteiger partial charge in [-0.2, -0.15) is 0 Å². The highest BCUT2D eigenvalue weighted by molar-refractivity contribution is 6.01. The molecule has 3 fully saturated rings. The molecule has 0 bridgehead atoms. The van der Waals surface area contributed by atoms with Crippen LogP contribution < -0.4 is 120 Å². The fraction of sp³-hybridized carbons (Fsp3) is 0.595. The highest BCUT2D eigenvalue weighted by Gasteiger charge is 2.44. The monoisotopic (exact) mass is 1770 g/mol. The molecule has 0 aliphatic carbocycles. The van der Waals surface area contributed by atoms with Crippen molar-refractivity contribution in [1.82, 2.24) is 94.5 Å². The molecule has 2 aromatic carbocycles. The first-order valence-electron chi connectivity index (χ1n) is 42.1. The third kappa shape index (κ3) is 35.5. The Kier molecular flexibility index (Phi) is 43.5. The molecule has 0 spiro atoms. The number of carboxylic acid groups (broad SMARTS) is 1. The maximum atomic E-state index is 15.0. The average Bonchev–Trinajstić information content (AvgIpc) is 1.72. The van der Waals surface area contributed by atoms with Gasteiger partial charge in [0.15, 0.2) is 23.8 Å². The van der Waals surface area contributed by atoms with Crippen molar-refractivity contribution in [2.24, 2.45) is 46.1 Å². The quantitative estimate of drug-likeness (QED) is 0.0166. The van der Waals surface area contributed by atoms with Crippen LogP contribution in [-0.4, -0.2) is 287 Å². The molecule has 35 N–H and O–H groups in total. The number of aromatic hydroxyl groups is 1. The molecule has 0 saturated carbocycles. The van der Waals surface area contributed by atoms with Gasteiger partial charge < -0.3 is 145 Å². The Hall–Kier alpha value is -13.2. The number of aliphatic carboxylic acids is 1. The van der Waals surface area contributed by atoms with E-state index >= 15 is 4.79 Å². The summed E-state index contributed by atoms with van der Waals surface area (Å²) >= 11 is 0. The second kappa shape index (κ2) is 53.1. The van der Waals surface area contributed by atoms with E-state index in [0.29, 0.717) is 36.8 Å². The lowest BCUT2D eigenvalue weighted by Gasteiger charge is -2.31. The van der Waals surface area contributed by atoms with E-state index in [4.69, 9.17) is 61.8 Å². The Morgan fingerprint density at radius 3 is 1.21 bits per heavy atom. The fourth-order valence-electron chi connectivity index (χ4n) is 14.5. The van der Waals surface area contributed by atoms with Gasteiger partial charge in [-0.05, 0) is 152 Å². The van der Waals surface area contributed by atoms with E-state index in [0.717, 1.165) is 9.80 Å². The van der Waals surface area contributed by atoms with Crippen LogP contribution in [0.5, 0.6) is 5.75 Å². The zero-order valence-electron chi connectivity index (χ0n) is 71.3. The predicted molar refractivity (Wildman–Crippen MR) is 459 cm³/mol. The van der Waals surface area contributed by atoms with Crippen LogP contribution >= 0.6 is 0 Å². The normalized spacial score (nSPS) is 17.0. The number of carbonyl (C=O) groups is 16. The molecule has 2 aromatic rings. The van der Waals surface area contributed by atoms with Crippen molar-refractivity contribution < 1.29 is 86.9 Å². The summed E-state index contributed by atoms with van der Waals surface area (Å²) < 4.78 is 0. The van der Waals surface area contributed by atoms with E-state index in [-0.39, 0.29) is 166 Å². The number of likely N-dealkylation sites (tertiary alicyclic amines) is 3. The number of benzene rings is 2. The number of hydrogen-bond donors (Lipinski definition) is 28. The van der Waals surface area contributed by atoms with Gasteiger partial charge in [0, 0.05) is 58.7 Å². The van der Waals surface area contributed by atoms with Crippen LogP contribution in [0, 0.1) is 27.6 Å². The zero-order chi connectivity index (χ0) is 93.3. The predicted octanol–water partition coefficient (Wildman–Crippen LogP) is -8.11. The molecular formula is C79H127N29O18. The maximum Gasteiger partial charge on any atom is 0.326 e. The van der Waals surface area contributed by atoms with Crippen molar-refractivity contribution in [2.45, 2.75) is 228 Å². The van der Waals surface area contributed by atoms with E-state index in [2.05, 4.69) is 79.8 Å². The largest absolute Gasteiger partial charge is 0.508 e. The third-order valence-corrected chi connectivity index (χ3v) is 21.0. The van der Waals surface area contributed by atoms with Gasteiger partial charge in [0.2, 0.25) is 88.6 Å². The number of nitrogens with zero attached hydrogens (tertiary/aromatic N) is 3. The first kappa shape index (κ1) is 103. The number of unbranched alkanes of at least 4 members (excludes halogenated alkanes) is 1. The van der Waals surface area contributed by atoms with Crippen LogP contribution in [0.3, 0.4) is 0 Å². The molecule has 15 amide bonds. The van der Waals surface area contributed by atoms with Crippen LogP contribution in [-0.2, 0) is 89.6 Å². The van der Waals surface area contributed by atoms with E-state index in [1.54, 1.807) is 44.2 Å². The Balaban J connectivity index is 1.31. The topological polar surface area (TPSA) is 781 Å². The van der Waals surface area contributed by atoms with Crippen molar-refractivity contribution in [2.75, 3.05) is 65.4 Å². The van der Waals surface area contributed by atoms with Crippen LogP contribution in [0.2, 0.25) is 0 Å². The molecule has 47 nitrogen and oxygen atoms in total. The van der Waals surface area contributed by atoms with Gasteiger partial charge >= 0.3 is 5.97 Å². The number of phenols is 1. The summed E-state index contributed by atoms with van der Waals surface area (Å²) in [6.45, 7) is 3.75. The van der Waals surface area contributed by atoms with E-state index < -0.39 is 210 Å². The summed E-state index contributed by atoms with van der Waals surface area (Å²) in [5.41, 5.74) is 40.4. The van der Waals surface area contributed by atoms with Gasteiger partial charge in [-0.15, -0.1) is 0 Å². The summed E-state index contributed by atoms with van der Waals surface area (Å²) in [5.74, 6) is -16.8. The smallest absolute Gasteiger partial charge is 0.326 e. The lowest BCUT2D eigenvalue weighted by atomic mass is 10.0. The van der Waals surface area contributed by atoms with Crippen LogP contribution in [0.1, 0.15) is 147 Å². The molecule has 0 aromatic heterocycles. The number of hydrogen-bond acceptors (Lipinski definition) is 23. The SMILES string of the molecule is CC(C)[C@H](NC(=O)CNC(=O)CNC(=O)[C@H](Cc1ccccc1)NC(=O)[C@H](CCCNC(=N)N)NC(=O)[C@@H]1CCCN1C(=O)[C@H](C)N)C(=O)N[C@@H](CCCCN)C(=O)N[C@@H](CCCNC(=N)N)C(=O)N1CCC[C@H]1C(=O)N[C@@H](CC(N)=O)C(=O)N[C@@H](CCCNC(=N)N)C(=O)N[C@@H](Cc1ccc(O)cc1)C(=O)N[C@@H](CCCNC(=N)N)C(=O)N1CCC[C@H]1C(=O)O.